The molecule has 0 saturated heterocycles. The van der Waals surface area contributed by atoms with Gasteiger partial charge in [0, 0.05) is 6.08 Å². The van der Waals surface area contributed by atoms with E-state index in [4.69, 9.17) is 27.6 Å². The van der Waals surface area contributed by atoms with Gasteiger partial charge in [0.2, 0.25) is 5.91 Å². The van der Waals surface area contributed by atoms with E-state index < -0.39 is 0 Å². The van der Waals surface area contributed by atoms with Gasteiger partial charge in [-0.15, -0.1) is 0 Å². The maximum atomic E-state index is 11.6. The summed E-state index contributed by atoms with van der Waals surface area (Å²) in [5.41, 5.74) is 0.471. The van der Waals surface area contributed by atoms with Crippen molar-refractivity contribution in [3.8, 4) is 0 Å². The van der Waals surface area contributed by atoms with Crippen molar-refractivity contribution in [2.45, 2.75) is 0 Å². The summed E-state index contributed by atoms with van der Waals surface area (Å²) >= 11 is 11.8. The Bertz CT molecular complexity index is 577. The van der Waals surface area contributed by atoms with Crippen molar-refractivity contribution >= 4 is 40.9 Å². The zero-order chi connectivity index (χ0) is 13.0. The van der Waals surface area contributed by atoms with Crippen LogP contribution in [0, 0.1) is 0 Å². The molecule has 3 nitrogen and oxygen atoms in total. The lowest BCUT2D eigenvalue weighted by Gasteiger charge is -2.05. The molecule has 0 atom stereocenters. The number of carbonyl (C=O) groups is 1. The Labute approximate surface area is 114 Å². The molecular formula is C13H9Cl2NO2. The van der Waals surface area contributed by atoms with Crippen LogP contribution in [0.1, 0.15) is 5.76 Å². The number of hydrogen-bond acceptors (Lipinski definition) is 2. The summed E-state index contributed by atoms with van der Waals surface area (Å²) in [5.74, 6) is 0.290. The molecule has 1 N–H and O–H groups in total. The van der Waals surface area contributed by atoms with Crippen LogP contribution in [0.5, 0.6) is 0 Å². The number of halogens is 2. The van der Waals surface area contributed by atoms with Crippen LogP contribution in [0.15, 0.2) is 47.1 Å². The van der Waals surface area contributed by atoms with Gasteiger partial charge in [-0.05, 0) is 30.3 Å². The largest absolute Gasteiger partial charge is 0.465 e. The van der Waals surface area contributed by atoms with E-state index in [-0.39, 0.29) is 5.91 Å². The number of nitrogens with one attached hydrogen (secondary N) is 1. The van der Waals surface area contributed by atoms with Gasteiger partial charge >= 0.3 is 0 Å². The molecule has 0 spiro atoms. The molecule has 0 aliphatic rings. The van der Waals surface area contributed by atoms with Crippen molar-refractivity contribution in [3.05, 3.63) is 58.5 Å². The summed E-state index contributed by atoms with van der Waals surface area (Å²) in [7, 11) is 0. The second kappa shape index (κ2) is 5.76. The molecule has 1 aromatic carbocycles. The molecule has 18 heavy (non-hydrogen) atoms. The maximum absolute atomic E-state index is 11.6. The molecule has 1 heterocycles. The Hall–Kier alpha value is -1.71. The van der Waals surface area contributed by atoms with Gasteiger partial charge in [-0.3, -0.25) is 4.79 Å². The van der Waals surface area contributed by atoms with E-state index in [1.807, 2.05) is 0 Å². The summed E-state index contributed by atoms with van der Waals surface area (Å²) in [6.07, 6.45) is 4.45. The average Bonchev–Trinajstić information content (AvgIpc) is 2.86. The molecule has 92 valence electrons. The van der Waals surface area contributed by atoms with Gasteiger partial charge in [0.05, 0.1) is 22.0 Å². The third kappa shape index (κ3) is 3.15. The smallest absolute Gasteiger partial charge is 0.248 e. The Kier molecular flexibility index (Phi) is 4.07. The highest BCUT2D eigenvalue weighted by molar-refractivity contribution is 6.44. The van der Waals surface area contributed by atoms with E-state index in [0.29, 0.717) is 21.5 Å². The highest BCUT2D eigenvalue weighted by Crippen LogP contribution is 2.29. The van der Waals surface area contributed by atoms with Crippen LogP contribution >= 0.6 is 23.2 Å². The zero-order valence-electron chi connectivity index (χ0n) is 9.19. The lowest BCUT2D eigenvalue weighted by Crippen LogP contribution is -2.08. The normalized spacial score (nSPS) is 10.8. The second-order valence-electron chi connectivity index (χ2n) is 3.44. The van der Waals surface area contributed by atoms with E-state index in [9.17, 15) is 4.79 Å². The third-order valence-electron chi connectivity index (χ3n) is 2.15. The molecule has 2 rings (SSSR count). The number of amides is 1. The lowest BCUT2D eigenvalue weighted by molar-refractivity contribution is -0.111. The second-order valence-corrected chi connectivity index (χ2v) is 4.22. The Morgan fingerprint density at radius 3 is 2.78 bits per heavy atom. The molecule has 1 amide bonds. The van der Waals surface area contributed by atoms with Gasteiger partial charge in [0.1, 0.15) is 5.76 Å². The minimum absolute atomic E-state index is 0.310. The third-order valence-corrected chi connectivity index (χ3v) is 2.97. The van der Waals surface area contributed by atoms with Crippen molar-refractivity contribution < 1.29 is 9.21 Å². The molecule has 1 aromatic heterocycles. The summed E-state index contributed by atoms with van der Waals surface area (Å²) in [6, 6.07) is 8.52. The van der Waals surface area contributed by atoms with Crippen LogP contribution < -0.4 is 5.32 Å². The fraction of sp³-hybridized carbons (Fsp3) is 0. The van der Waals surface area contributed by atoms with Crippen LogP contribution in [0.25, 0.3) is 6.08 Å². The molecule has 0 radical (unpaired) electrons. The monoisotopic (exact) mass is 281 g/mol. The molecule has 2 aromatic rings. The van der Waals surface area contributed by atoms with E-state index in [0.717, 1.165) is 0 Å². The van der Waals surface area contributed by atoms with Gasteiger partial charge < -0.3 is 9.73 Å². The molecular weight excluding hydrogens is 273 g/mol. The molecule has 0 fully saturated rings. The SMILES string of the molecule is O=C(/C=C\c1ccco1)Nc1cccc(Cl)c1Cl. The Morgan fingerprint density at radius 2 is 2.06 bits per heavy atom. The first-order valence-electron chi connectivity index (χ1n) is 5.13. The van der Waals surface area contributed by atoms with Crippen molar-refractivity contribution in [2.24, 2.45) is 0 Å². The van der Waals surface area contributed by atoms with Gasteiger partial charge in [-0.1, -0.05) is 29.3 Å². The van der Waals surface area contributed by atoms with E-state index in [1.54, 1.807) is 36.4 Å². The van der Waals surface area contributed by atoms with Gasteiger partial charge in [-0.2, -0.15) is 0 Å². The molecule has 0 unspecified atom stereocenters. The highest BCUT2D eigenvalue weighted by atomic mass is 35.5. The minimum Gasteiger partial charge on any atom is -0.465 e. The van der Waals surface area contributed by atoms with Crippen molar-refractivity contribution in [3.63, 3.8) is 0 Å². The number of furan rings is 1. The van der Waals surface area contributed by atoms with E-state index in [1.165, 1.54) is 12.3 Å². The van der Waals surface area contributed by atoms with Crippen LogP contribution in [0.2, 0.25) is 10.0 Å². The molecule has 0 aliphatic heterocycles. The lowest BCUT2D eigenvalue weighted by atomic mass is 10.3. The summed E-state index contributed by atoms with van der Waals surface area (Å²) in [6.45, 7) is 0. The predicted octanol–water partition coefficient (Wildman–Crippen LogP) is 4.24. The van der Waals surface area contributed by atoms with Crippen molar-refractivity contribution in [1.29, 1.82) is 0 Å². The van der Waals surface area contributed by atoms with Crippen molar-refractivity contribution in [1.82, 2.24) is 0 Å². The molecule has 0 bridgehead atoms. The topological polar surface area (TPSA) is 42.2 Å². The Morgan fingerprint density at radius 1 is 1.22 bits per heavy atom. The predicted molar refractivity (Wildman–Crippen MR) is 72.8 cm³/mol. The molecule has 0 aliphatic carbocycles. The van der Waals surface area contributed by atoms with Crippen LogP contribution in [0.4, 0.5) is 5.69 Å². The number of hydrogen-bond donors (Lipinski definition) is 1. The summed E-state index contributed by atoms with van der Waals surface area (Å²) in [5, 5.41) is 3.34. The number of anilines is 1. The number of carbonyl (C=O) groups excluding carboxylic acids is 1. The van der Waals surface area contributed by atoms with Crippen molar-refractivity contribution in [2.75, 3.05) is 5.32 Å². The molecule has 0 saturated carbocycles. The van der Waals surface area contributed by atoms with E-state index >= 15 is 0 Å². The quantitative estimate of drug-likeness (QED) is 0.855. The number of rotatable bonds is 3. The van der Waals surface area contributed by atoms with Crippen LogP contribution in [-0.4, -0.2) is 5.91 Å². The van der Waals surface area contributed by atoms with Gasteiger partial charge in [0.15, 0.2) is 0 Å². The van der Waals surface area contributed by atoms with Gasteiger partial charge in [-0.25, -0.2) is 0 Å². The van der Waals surface area contributed by atoms with Crippen LogP contribution in [-0.2, 0) is 4.79 Å². The molecule has 5 heteroatoms. The number of benzene rings is 1. The highest BCUT2D eigenvalue weighted by Gasteiger charge is 2.06. The van der Waals surface area contributed by atoms with Gasteiger partial charge in [0.25, 0.3) is 0 Å². The standard InChI is InChI=1S/C13H9Cl2NO2/c14-10-4-1-5-11(13(10)15)16-12(17)7-6-9-3-2-8-18-9/h1-8H,(H,16,17)/b7-6-. The summed E-state index contributed by atoms with van der Waals surface area (Å²) < 4.78 is 5.06. The zero-order valence-corrected chi connectivity index (χ0v) is 10.7. The Balaban J connectivity index is 2.05. The maximum Gasteiger partial charge on any atom is 0.248 e. The average molecular weight is 282 g/mol. The first-order chi connectivity index (χ1) is 8.66. The fourth-order valence-electron chi connectivity index (χ4n) is 1.32. The first kappa shape index (κ1) is 12.7. The fourth-order valence-corrected chi connectivity index (χ4v) is 1.67. The first-order valence-corrected chi connectivity index (χ1v) is 5.89. The summed E-state index contributed by atoms with van der Waals surface area (Å²) in [4.78, 5) is 11.6. The van der Waals surface area contributed by atoms with E-state index in [2.05, 4.69) is 5.32 Å². The minimum atomic E-state index is -0.310. The van der Waals surface area contributed by atoms with Crippen LogP contribution in [0.3, 0.4) is 0 Å².